The van der Waals surface area contributed by atoms with E-state index in [1.54, 1.807) is 7.05 Å². The summed E-state index contributed by atoms with van der Waals surface area (Å²) in [5, 5.41) is 2.85. The van der Waals surface area contributed by atoms with Gasteiger partial charge in [-0.1, -0.05) is 0 Å². The molecule has 0 saturated carbocycles. The maximum absolute atomic E-state index is 12.3. The molecule has 0 radical (unpaired) electrons. The fraction of sp³-hybridized carbons (Fsp3) is 0.600. The molecular weight excluding hydrogens is 372 g/mol. The minimum absolute atomic E-state index is 0.0150. The zero-order valence-corrected chi connectivity index (χ0v) is 14.6. The first kappa shape index (κ1) is 17.6. The van der Waals surface area contributed by atoms with E-state index < -0.39 is 19.9 Å². The van der Waals surface area contributed by atoms with Crippen LogP contribution in [0.3, 0.4) is 0 Å². The van der Waals surface area contributed by atoms with Gasteiger partial charge < -0.3 is 9.73 Å². The van der Waals surface area contributed by atoms with Crippen LogP contribution in [0.5, 0.6) is 0 Å². The van der Waals surface area contributed by atoms with Gasteiger partial charge in [0, 0.05) is 25.9 Å². The lowest BCUT2D eigenvalue weighted by Crippen LogP contribution is -2.31. The van der Waals surface area contributed by atoms with Gasteiger partial charge in [0.2, 0.25) is 10.0 Å². The summed E-state index contributed by atoms with van der Waals surface area (Å²) in [5.74, 6) is 0.233. The Kier molecular flexibility index (Phi) is 5.79. The van der Waals surface area contributed by atoms with E-state index >= 15 is 0 Å². The largest absolute Gasteiger partial charge is 0.452 e. The molecule has 1 N–H and O–H groups in total. The second kappa shape index (κ2) is 6.56. The molecule has 10 heteroatoms. The summed E-state index contributed by atoms with van der Waals surface area (Å²) < 4.78 is 53.2. The van der Waals surface area contributed by atoms with Crippen LogP contribution in [0.1, 0.15) is 5.76 Å². The second-order valence-corrected chi connectivity index (χ2v) is 9.33. The van der Waals surface area contributed by atoms with Crippen LogP contribution in [-0.2, 0) is 26.4 Å². The van der Waals surface area contributed by atoms with Gasteiger partial charge in [0.25, 0.3) is 0 Å². The van der Waals surface area contributed by atoms with Crippen molar-refractivity contribution in [2.75, 3.05) is 32.6 Å². The minimum Gasteiger partial charge on any atom is -0.452 e. The van der Waals surface area contributed by atoms with Crippen molar-refractivity contribution < 1.29 is 21.3 Å². The van der Waals surface area contributed by atoms with E-state index in [4.69, 9.17) is 4.42 Å². The van der Waals surface area contributed by atoms with Crippen LogP contribution in [0.2, 0.25) is 0 Å². The zero-order chi connectivity index (χ0) is 15.6. The van der Waals surface area contributed by atoms with Crippen molar-refractivity contribution in [3.8, 4) is 0 Å². The monoisotopic (exact) mass is 388 g/mol. The lowest BCUT2D eigenvalue weighted by atomic mass is 10.4. The van der Waals surface area contributed by atoms with Crippen molar-refractivity contribution in [3.05, 3.63) is 16.5 Å². The van der Waals surface area contributed by atoms with Gasteiger partial charge in [-0.2, -0.15) is 4.31 Å². The SMILES string of the molecule is CNCc1cc(S(=O)(=O)N(C)CCS(C)(=O)=O)c(Br)o1. The molecule has 116 valence electrons. The van der Waals surface area contributed by atoms with E-state index in [1.165, 1.54) is 13.1 Å². The summed E-state index contributed by atoms with van der Waals surface area (Å²) >= 11 is 3.06. The molecule has 1 heterocycles. The predicted molar refractivity (Wildman–Crippen MR) is 78.7 cm³/mol. The molecule has 0 bridgehead atoms. The number of hydrogen-bond donors (Lipinski definition) is 1. The summed E-state index contributed by atoms with van der Waals surface area (Å²) in [5.41, 5.74) is 0. The molecule has 0 saturated heterocycles. The van der Waals surface area contributed by atoms with Gasteiger partial charge in [-0.3, -0.25) is 0 Å². The van der Waals surface area contributed by atoms with Gasteiger partial charge >= 0.3 is 0 Å². The molecule has 7 nitrogen and oxygen atoms in total. The van der Waals surface area contributed by atoms with Crippen LogP contribution in [-0.4, -0.2) is 53.8 Å². The highest BCUT2D eigenvalue weighted by Crippen LogP contribution is 2.28. The smallest absolute Gasteiger partial charge is 0.247 e. The number of sulfonamides is 1. The first-order valence-electron chi connectivity index (χ1n) is 5.65. The minimum atomic E-state index is -3.79. The number of hydrogen-bond acceptors (Lipinski definition) is 6. The summed E-state index contributed by atoms with van der Waals surface area (Å²) in [7, 11) is -3.97. The first-order valence-corrected chi connectivity index (χ1v) is 9.94. The normalized spacial score (nSPS) is 13.1. The molecule has 0 spiro atoms. The molecule has 0 unspecified atom stereocenters. The molecular formula is C10H17BrN2O5S2. The number of halogens is 1. The lowest BCUT2D eigenvalue weighted by Gasteiger charge is -2.15. The van der Waals surface area contributed by atoms with Gasteiger partial charge in [0.05, 0.1) is 12.3 Å². The predicted octanol–water partition coefficient (Wildman–Crippen LogP) is 0.427. The van der Waals surface area contributed by atoms with Crippen LogP contribution in [0.4, 0.5) is 0 Å². The summed E-state index contributed by atoms with van der Waals surface area (Å²) in [6, 6.07) is 1.41. The van der Waals surface area contributed by atoms with Gasteiger partial charge in [0.1, 0.15) is 20.5 Å². The average Bonchev–Trinajstić information content (AvgIpc) is 2.67. The number of rotatable bonds is 7. The fourth-order valence-electron chi connectivity index (χ4n) is 1.42. The molecule has 0 aliphatic rings. The van der Waals surface area contributed by atoms with Crippen molar-refractivity contribution in [3.63, 3.8) is 0 Å². The van der Waals surface area contributed by atoms with Gasteiger partial charge in [-0.15, -0.1) is 0 Å². The third-order valence-electron chi connectivity index (χ3n) is 2.52. The third-order valence-corrected chi connectivity index (χ3v) is 6.16. The molecule has 0 fully saturated rings. The lowest BCUT2D eigenvalue weighted by molar-refractivity contribution is 0.462. The first-order chi connectivity index (χ1) is 9.08. The highest BCUT2D eigenvalue weighted by Gasteiger charge is 2.27. The van der Waals surface area contributed by atoms with Crippen molar-refractivity contribution in [1.29, 1.82) is 0 Å². The van der Waals surface area contributed by atoms with E-state index in [-0.39, 0.29) is 21.9 Å². The number of nitrogens with one attached hydrogen (secondary N) is 1. The van der Waals surface area contributed by atoms with E-state index in [9.17, 15) is 16.8 Å². The molecule has 0 amide bonds. The standard InChI is InChI=1S/C10H17BrN2O5S2/c1-12-7-8-6-9(10(11)18-8)20(16,17)13(2)4-5-19(3,14)15/h6,12H,4-5,7H2,1-3H3. The third kappa shape index (κ3) is 4.55. The molecule has 1 aromatic heterocycles. The highest BCUT2D eigenvalue weighted by molar-refractivity contribution is 9.10. The van der Waals surface area contributed by atoms with Gasteiger partial charge in [0.15, 0.2) is 4.67 Å². The molecule has 0 aliphatic carbocycles. The van der Waals surface area contributed by atoms with E-state index in [2.05, 4.69) is 21.2 Å². The number of furan rings is 1. The Balaban J connectivity index is 2.98. The van der Waals surface area contributed by atoms with Crippen molar-refractivity contribution in [1.82, 2.24) is 9.62 Å². The van der Waals surface area contributed by atoms with Crippen LogP contribution in [0.25, 0.3) is 0 Å². The second-order valence-electron chi connectivity index (χ2n) is 4.34. The Morgan fingerprint density at radius 1 is 1.35 bits per heavy atom. The Morgan fingerprint density at radius 3 is 2.45 bits per heavy atom. The maximum atomic E-state index is 12.3. The number of sulfone groups is 1. The summed E-state index contributed by atoms with van der Waals surface area (Å²) in [4.78, 5) is -0.0150. The molecule has 20 heavy (non-hydrogen) atoms. The topological polar surface area (TPSA) is 96.7 Å². The molecule has 0 atom stereocenters. The van der Waals surface area contributed by atoms with Crippen LogP contribution >= 0.6 is 15.9 Å². The van der Waals surface area contributed by atoms with Crippen molar-refractivity contribution in [2.24, 2.45) is 0 Å². The summed E-state index contributed by atoms with van der Waals surface area (Å²) in [6.07, 6.45) is 1.06. The van der Waals surface area contributed by atoms with E-state index in [0.717, 1.165) is 10.6 Å². The van der Waals surface area contributed by atoms with Crippen LogP contribution in [0.15, 0.2) is 20.0 Å². The van der Waals surface area contributed by atoms with Crippen molar-refractivity contribution >= 4 is 35.8 Å². The fourth-order valence-corrected chi connectivity index (χ4v) is 4.27. The van der Waals surface area contributed by atoms with Crippen molar-refractivity contribution in [2.45, 2.75) is 11.4 Å². The van der Waals surface area contributed by atoms with E-state index in [0.29, 0.717) is 12.3 Å². The molecule has 0 aromatic carbocycles. The quantitative estimate of drug-likeness (QED) is 0.727. The number of nitrogens with zero attached hydrogens (tertiary/aromatic N) is 1. The van der Waals surface area contributed by atoms with Gasteiger partial charge in [-0.05, 0) is 23.0 Å². The maximum Gasteiger partial charge on any atom is 0.247 e. The molecule has 0 aliphatic heterocycles. The van der Waals surface area contributed by atoms with Crippen LogP contribution < -0.4 is 5.32 Å². The highest BCUT2D eigenvalue weighted by atomic mass is 79.9. The zero-order valence-electron chi connectivity index (χ0n) is 11.4. The van der Waals surface area contributed by atoms with Crippen LogP contribution in [0, 0.1) is 0 Å². The van der Waals surface area contributed by atoms with Gasteiger partial charge in [-0.25, -0.2) is 16.8 Å². The summed E-state index contributed by atoms with van der Waals surface area (Å²) in [6.45, 7) is 0.279. The van der Waals surface area contributed by atoms with E-state index in [1.807, 2.05) is 0 Å². The molecule has 1 aromatic rings. The Hall–Kier alpha value is -0.420. The molecule has 1 rings (SSSR count). The Morgan fingerprint density at radius 2 is 1.95 bits per heavy atom. The Labute approximate surface area is 127 Å². The average molecular weight is 389 g/mol. The Bertz CT molecular complexity index is 666.